The number of nitrogens with zero attached hydrogens (tertiary/aromatic N) is 1. The maximum absolute atomic E-state index is 11.9. The summed E-state index contributed by atoms with van der Waals surface area (Å²) in [6.07, 6.45) is 2.77. The molecular formula is C18H22N2O3. The summed E-state index contributed by atoms with van der Waals surface area (Å²) in [5.74, 6) is 0.517. The number of aryl methyl sites for hydroxylation is 1. The van der Waals surface area contributed by atoms with E-state index in [9.17, 15) is 9.59 Å². The van der Waals surface area contributed by atoms with Gasteiger partial charge >= 0.3 is 0 Å². The van der Waals surface area contributed by atoms with Crippen LogP contribution >= 0.6 is 0 Å². The van der Waals surface area contributed by atoms with Crippen molar-refractivity contribution in [2.24, 2.45) is 0 Å². The number of hydrogen-bond donors (Lipinski definition) is 1. The van der Waals surface area contributed by atoms with Gasteiger partial charge in [-0.15, -0.1) is 0 Å². The summed E-state index contributed by atoms with van der Waals surface area (Å²) in [5, 5.41) is 2.78. The van der Waals surface area contributed by atoms with E-state index >= 15 is 0 Å². The summed E-state index contributed by atoms with van der Waals surface area (Å²) in [4.78, 5) is 25.4. The van der Waals surface area contributed by atoms with Gasteiger partial charge in [-0.1, -0.05) is 19.1 Å². The molecule has 0 bridgehead atoms. The maximum Gasteiger partial charge on any atom is 0.223 e. The number of amides is 2. The molecule has 0 saturated heterocycles. The Morgan fingerprint density at radius 2 is 1.91 bits per heavy atom. The van der Waals surface area contributed by atoms with E-state index in [4.69, 9.17) is 4.42 Å². The molecule has 2 amide bonds. The number of carbonyl (C=O) groups is 2. The first kappa shape index (κ1) is 16.8. The second-order valence-electron chi connectivity index (χ2n) is 5.30. The van der Waals surface area contributed by atoms with Crippen LogP contribution in [0, 0.1) is 0 Å². The van der Waals surface area contributed by atoms with Crippen molar-refractivity contribution in [2.45, 2.75) is 33.2 Å². The minimum atomic E-state index is -0.113. The lowest BCUT2D eigenvalue weighted by Crippen LogP contribution is -2.33. The molecule has 1 N–H and O–H groups in total. The normalized spacial score (nSPS) is 10.3. The molecule has 5 nitrogen and oxygen atoms in total. The lowest BCUT2D eigenvalue weighted by molar-refractivity contribution is -0.121. The summed E-state index contributed by atoms with van der Waals surface area (Å²) >= 11 is 0. The predicted molar refractivity (Wildman–Crippen MR) is 89.0 cm³/mol. The van der Waals surface area contributed by atoms with Gasteiger partial charge in [0, 0.05) is 25.6 Å². The van der Waals surface area contributed by atoms with Gasteiger partial charge in [0.15, 0.2) is 0 Å². The zero-order valence-electron chi connectivity index (χ0n) is 13.5. The highest BCUT2D eigenvalue weighted by molar-refractivity contribution is 5.92. The topological polar surface area (TPSA) is 62.6 Å². The highest BCUT2D eigenvalue weighted by Crippen LogP contribution is 2.16. The molecular weight excluding hydrogens is 292 g/mol. The van der Waals surface area contributed by atoms with E-state index in [0.717, 1.165) is 12.1 Å². The van der Waals surface area contributed by atoms with E-state index < -0.39 is 0 Å². The van der Waals surface area contributed by atoms with Crippen LogP contribution in [0.1, 0.15) is 31.6 Å². The molecule has 0 unspecified atom stereocenters. The Morgan fingerprint density at radius 3 is 2.48 bits per heavy atom. The van der Waals surface area contributed by atoms with Gasteiger partial charge in [-0.2, -0.15) is 0 Å². The third-order valence-corrected chi connectivity index (χ3v) is 3.64. The van der Waals surface area contributed by atoms with Crippen molar-refractivity contribution in [2.75, 3.05) is 11.4 Å². The summed E-state index contributed by atoms with van der Waals surface area (Å²) in [6.45, 7) is 4.30. The van der Waals surface area contributed by atoms with Gasteiger partial charge in [0.1, 0.15) is 5.76 Å². The maximum atomic E-state index is 11.9. The highest BCUT2D eigenvalue weighted by atomic mass is 16.3. The third-order valence-electron chi connectivity index (χ3n) is 3.64. The summed E-state index contributed by atoms with van der Waals surface area (Å²) in [5.41, 5.74) is 2.03. The van der Waals surface area contributed by atoms with Gasteiger partial charge in [0.2, 0.25) is 11.8 Å². The van der Waals surface area contributed by atoms with E-state index in [1.54, 1.807) is 23.3 Å². The average Bonchev–Trinajstić information content (AvgIpc) is 3.07. The fraction of sp³-hybridized carbons (Fsp3) is 0.333. The SMILES string of the molecule is CCc1ccc(N(CCC(=O)NCc2ccco2)C(C)=O)cc1. The molecule has 1 heterocycles. The Labute approximate surface area is 136 Å². The molecule has 0 aliphatic carbocycles. The lowest BCUT2D eigenvalue weighted by Gasteiger charge is -2.21. The quantitative estimate of drug-likeness (QED) is 0.854. The van der Waals surface area contributed by atoms with Crippen molar-refractivity contribution in [3.05, 3.63) is 54.0 Å². The third kappa shape index (κ3) is 4.98. The first-order chi connectivity index (χ1) is 11.1. The van der Waals surface area contributed by atoms with Gasteiger partial charge < -0.3 is 14.6 Å². The second-order valence-corrected chi connectivity index (χ2v) is 5.30. The Bertz CT molecular complexity index is 633. The van der Waals surface area contributed by atoms with Crippen LogP contribution in [-0.4, -0.2) is 18.4 Å². The Balaban J connectivity index is 1.88. The van der Waals surface area contributed by atoms with Gasteiger partial charge in [-0.3, -0.25) is 9.59 Å². The standard InChI is InChI=1S/C18H22N2O3/c1-3-15-6-8-16(9-7-15)20(14(2)21)11-10-18(22)19-13-17-5-4-12-23-17/h4-9,12H,3,10-11,13H2,1-2H3,(H,19,22). The molecule has 1 aromatic carbocycles. The van der Waals surface area contributed by atoms with Crippen molar-refractivity contribution in [1.82, 2.24) is 5.32 Å². The first-order valence-corrected chi connectivity index (χ1v) is 7.76. The molecule has 0 radical (unpaired) electrons. The summed E-state index contributed by atoms with van der Waals surface area (Å²) < 4.78 is 5.16. The van der Waals surface area contributed by atoms with E-state index in [2.05, 4.69) is 12.2 Å². The molecule has 2 rings (SSSR count). The number of benzene rings is 1. The monoisotopic (exact) mass is 314 g/mol. The van der Waals surface area contributed by atoms with Gasteiger partial charge in [0.25, 0.3) is 0 Å². The fourth-order valence-corrected chi connectivity index (χ4v) is 2.28. The summed E-state index contributed by atoms with van der Waals surface area (Å²) in [7, 11) is 0. The number of carbonyl (C=O) groups excluding carboxylic acids is 2. The highest BCUT2D eigenvalue weighted by Gasteiger charge is 2.13. The van der Waals surface area contributed by atoms with Gasteiger partial charge in [0.05, 0.1) is 12.8 Å². The molecule has 0 aliphatic rings. The van der Waals surface area contributed by atoms with E-state index in [-0.39, 0.29) is 18.2 Å². The molecule has 1 aromatic heterocycles. The predicted octanol–water partition coefficient (Wildman–Crippen LogP) is 2.90. The molecule has 23 heavy (non-hydrogen) atoms. The molecule has 0 spiro atoms. The Hall–Kier alpha value is -2.56. The van der Waals surface area contributed by atoms with E-state index in [0.29, 0.717) is 18.8 Å². The second kappa shape index (κ2) is 8.17. The Morgan fingerprint density at radius 1 is 1.17 bits per heavy atom. The first-order valence-electron chi connectivity index (χ1n) is 7.76. The molecule has 0 aliphatic heterocycles. The molecule has 0 atom stereocenters. The smallest absolute Gasteiger partial charge is 0.223 e. The van der Waals surface area contributed by atoms with E-state index in [1.807, 2.05) is 24.3 Å². The van der Waals surface area contributed by atoms with E-state index in [1.165, 1.54) is 12.5 Å². The molecule has 2 aromatic rings. The minimum absolute atomic E-state index is 0.0758. The van der Waals surface area contributed by atoms with Crippen molar-refractivity contribution >= 4 is 17.5 Å². The number of hydrogen-bond acceptors (Lipinski definition) is 3. The van der Waals surface area contributed by atoms with Crippen LogP contribution in [0.5, 0.6) is 0 Å². The number of furan rings is 1. The minimum Gasteiger partial charge on any atom is -0.467 e. The molecule has 5 heteroatoms. The zero-order valence-corrected chi connectivity index (χ0v) is 13.5. The number of nitrogens with one attached hydrogen (secondary N) is 1. The van der Waals surface area contributed by atoms with Crippen LogP contribution in [0.15, 0.2) is 47.1 Å². The Kier molecular flexibility index (Phi) is 5.97. The fourth-order valence-electron chi connectivity index (χ4n) is 2.28. The largest absolute Gasteiger partial charge is 0.467 e. The number of rotatable bonds is 7. The van der Waals surface area contributed by atoms with Gasteiger partial charge in [-0.25, -0.2) is 0 Å². The van der Waals surface area contributed by atoms with Crippen molar-refractivity contribution in [3.8, 4) is 0 Å². The van der Waals surface area contributed by atoms with Crippen molar-refractivity contribution < 1.29 is 14.0 Å². The molecule has 0 fully saturated rings. The van der Waals surface area contributed by atoms with Crippen LogP contribution < -0.4 is 10.2 Å². The molecule has 122 valence electrons. The molecule has 0 saturated carbocycles. The van der Waals surface area contributed by atoms with Crippen LogP contribution in [0.2, 0.25) is 0 Å². The van der Waals surface area contributed by atoms with Crippen LogP contribution in [0.25, 0.3) is 0 Å². The number of anilines is 1. The zero-order chi connectivity index (χ0) is 16.7. The lowest BCUT2D eigenvalue weighted by atomic mass is 10.1. The van der Waals surface area contributed by atoms with Gasteiger partial charge in [-0.05, 0) is 36.2 Å². The van der Waals surface area contributed by atoms with Crippen LogP contribution in [0.4, 0.5) is 5.69 Å². The van der Waals surface area contributed by atoms with Crippen molar-refractivity contribution in [1.29, 1.82) is 0 Å². The van der Waals surface area contributed by atoms with Crippen LogP contribution in [0.3, 0.4) is 0 Å². The average molecular weight is 314 g/mol. The summed E-state index contributed by atoms with van der Waals surface area (Å²) in [6, 6.07) is 11.4. The van der Waals surface area contributed by atoms with Crippen LogP contribution in [-0.2, 0) is 22.6 Å². The van der Waals surface area contributed by atoms with Crippen molar-refractivity contribution in [3.63, 3.8) is 0 Å².